The summed E-state index contributed by atoms with van der Waals surface area (Å²) in [5.41, 5.74) is 0. The molecule has 0 saturated carbocycles. The van der Waals surface area contributed by atoms with Crippen LogP contribution in [-0.4, -0.2) is 19.5 Å². The van der Waals surface area contributed by atoms with Gasteiger partial charge in [0, 0.05) is 4.11 Å². The van der Waals surface area contributed by atoms with Gasteiger partial charge in [-0.05, 0) is 32.1 Å². The van der Waals surface area contributed by atoms with Gasteiger partial charge in [0.15, 0.2) is 0 Å². The summed E-state index contributed by atoms with van der Waals surface area (Å²) >= 11 is 0. The molecule has 1 N–H and O–H groups in total. The van der Waals surface area contributed by atoms with Crippen molar-refractivity contribution >= 4 is 8.32 Å². The van der Waals surface area contributed by atoms with Crippen LogP contribution in [-0.2, 0) is 4.43 Å². The normalized spacial score (nSPS) is 19.8. The molecular formula is C9H20O2Si. The van der Waals surface area contributed by atoms with Crippen LogP contribution in [0, 0.1) is 0 Å². The van der Waals surface area contributed by atoms with Crippen molar-refractivity contribution in [1.82, 2.24) is 0 Å². The van der Waals surface area contributed by atoms with Crippen molar-refractivity contribution in [3.8, 4) is 0 Å². The van der Waals surface area contributed by atoms with Gasteiger partial charge in [-0.2, -0.15) is 0 Å². The van der Waals surface area contributed by atoms with Crippen LogP contribution in [0.5, 0.6) is 0 Å². The predicted molar refractivity (Wildman–Crippen MR) is 54.5 cm³/mol. The highest BCUT2D eigenvalue weighted by molar-refractivity contribution is 6.69. The fourth-order valence-corrected chi connectivity index (χ4v) is 1.07. The molecule has 0 aliphatic rings. The lowest BCUT2D eigenvalue weighted by molar-refractivity contribution is 0.209. The highest BCUT2D eigenvalue weighted by atomic mass is 28.4. The van der Waals surface area contributed by atoms with Crippen LogP contribution in [0.25, 0.3) is 0 Å². The minimum atomic E-state index is -1.96. The molecule has 0 rings (SSSR count). The molecule has 0 fully saturated rings. The maximum atomic E-state index is 9.41. The minimum absolute atomic E-state index is 0.0193. The Morgan fingerprint density at radius 2 is 2.25 bits per heavy atom. The summed E-state index contributed by atoms with van der Waals surface area (Å²) in [6.45, 7) is 4.14. The SMILES string of the molecule is [2H]C([2H])([2H])CCC(O)/C=C/O[Si](C)(C)C. The topological polar surface area (TPSA) is 29.5 Å². The Hall–Kier alpha value is -0.283. The smallest absolute Gasteiger partial charge is 0.241 e. The Balaban J connectivity index is 3.79. The van der Waals surface area contributed by atoms with Gasteiger partial charge < -0.3 is 9.53 Å². The Kier molecular flexibility index (Phi) is 3.21. The van der Waals surface area contributed by atoms with Crippen molar-refractivity contribution in [2.24, 2.45) is 0 Å². The van der Waals surface area contributed by atoms with Crippen molar-refractivity contribution in [3.05, 3.63) is 12.3 Å². The second-order valence-electron chi connectivity index (χ2n) is 3.66. The van der Waals surface area contributed by atoms with E-state index in [2.05, 4.69) is 0 Å². The van der Waals surface area contributed by atoms with Crippen molar-refractivity contribution in [1.29, 1.82) is 0 Å². The number of aliphatic hydroxyl groups is 1. The van der Waals surface area contributed by atoms with Crippen molar-refractivity contribution in [2.45, 2.75) is 45.4 Å². The molecule has 3 heteroatoms. The largest absolute Gasteiger partial charge is 0.550 e. The van der Waals surface area contributed by atoms with E-state index in [1.54, 1.807) is 0 Å². The molecule has 0 aromatic rings. The predicted octanol–water partition coefficient (Wildman–Crippen LogP) is 2.51. The molecule has 0 bridgehead atoms. The van der Waals surface area contributed by atoms with Crippen molar-refractivity contribution < 1.29 is 13.6 Å². The molecular weight excluding hydrogens is 168 g/mol. The van der Waals surface area contributed by atoms with Gasteiger partial charge in [0.05, 0.1) is 12.4 Å². The van der Waals surface area contributed by atoms with Gasteiger partial charge >= 0.3 is 0 Å². The van der Waals surface area contributed by atoms with E-state index in [-0.39, 0.29) is 12.8 Å². The second-order valence-corrected chi connectivity index (χ2v) is 8.13. The van der Waals surface area contributed by atoms with E-state index in [0.717, 1.165) is 0 Å². The molecule has 0 spiro atoms. The van der Waals surface area contributed by atoms with E-state index in [0.29, 0.717) is 0 Å². The lowest BCUT2D eigenvalue weighted by Crippen LogP contribution is -2.22. The highest BCUT2D eigenvalue weighted by Crippen LogP contribution is 2.04. The van der Waals surface area contributed by atoms with Gasteiger partial charge in [0.2, 0.25) is 8.32 Å². The van der Waals surface area contributed by atoms with E-state index in [9.17, 15) is 5.11 Å². The Morgan fingerprint density at radius 1 is 1.58 bits per heavy atom. The maximum Gasteiger partial charge on any atom is 0.241 e. The third-order valence-electron chi connectivity index (χ3n) is 1.16. The van der Waals surface area contributed by atoms with Crippen LogP contribution in [0.4, 0.5) is 0 Å². The highest BCUT2D eigenvalue weighted by Gasteiger charge is 2.12. The molecule has 2 nitrogen and oxygen atoms in total. The maximum absolute atomic E-state index is 9.41. The van der Waals surface area contributed by atoms with Gasteiger partial charge in [0.25, 0.3) is 0 Å². The van der Waals surface area contributed by atoms with E-state index < -0.39 is 21.3 Å². The van der Waals surface area contributed by atoms with Crippen LogP contribution in [0.3, 0.4) is 0 Å². The fraction of sp³-hybridized carbons (Fsp3) is 0.778. The summed E-state index contributed by atoms with van der Waals surface area (Å²) in [6.07, 6.45) is 2.51. The second kappa shape index (κ2) is 5.38. The molecule has 0 aliphatic carbocycles. The number of aliphatic hydroxyl groups excluding tert-OH is 1. The molecule has 0 aliphatic heterocycles. The lowest BCUT2D eigenvalue weighted by atomic mass is 10.2. The van der Waals surface area contributed by atoms with Crippen LogP contribution >= 0.6 is 0 Å². The number of rotatable bonds is 5. The van der Waals surface area contributed by atoms with Gasteiger partial charge in [-0.15, -0.1) is 0 Å². The lowest BCUT2D eigenvalue weighted by Gasteiger charge is -2.15. The van der Waals surface area contributed by atoms with Crippen molar-refractivity contribution in [2.75, 3.05) is 0 Å². The Bertz CT molecular complexity index is 208. The molecule has 12 heavy (non-hydrogen) atoms. The molecule has 0 saturated heterocycles. The molecule has 0 radical (unpaired) electrons. The average molecular weight is 191 g/mol. The van der Waals surface area contributed by atoms with Gasteiger partial charge in [0.1, 0.15) is 0 Å². The first-order valence-corrected chi connectivity index (χ1v) is 7.53. The monoisotopic (exact) mass is 191 g/mol. The molecule has 0 aromatic heterocycles. The van der Waals surface area contributed by atoms with E-state index in [1.807, 2.05) is 19.6 Å². The Labute approximate surface area is 80.6 Å². The van der Waals surface area contributed by atoms with Gasteiger partial charge in [-0.25, -0.2) is 0 Å². The summed E-state index contributed by atoms with van der Waals surface area (Å²) in [6, 6.07) is 0. The van der Waals surface area contributed by atoms with E-state index in [4.69, 9.17) is 8.54 Å². The molecule has 1 unspecified atom stereocenters. The van der Waals surface area contributed by atoms with Crippen LogP contribution < -0.4 is 0 Å². The van der Waals surface area contributed by atoms with Crippen LogP contribution in [0.1, 0.15) is 23.8 Å². The summed E-state index contributed by atoms with van der Waals surface area (Å²) < 4.78 is 26.3. The molecule has 0 amide bonds. The minimum Gasteiger partial charge on any atom is -0.550 e. The van der Waals surface area contributed by atoms with E-state index >= 15 is 0 Å². The first-order valence-electron chi connectivity index (χ1n) is 5.63. The summed E-state index contributed by atoms with van der Waals surface area (Å²) in [4.78, 5) is 0. The van der Waals surface area contributed by atoms with Gasteiger partial charge in [-0.1, -0.05) is 13.3 Å². The molecule has 1 atom stereocenters. The third-order valence-corrected chi connectivity index (χ3v) is 2.01. The van der Waals surface area contributed by atoms with E-state index in [1.165, 1.54) is 12.3 Å². The zero-order valence-corrected chi connectivity index (χ0v) is 9.00. The Morgan fingerprint density at radius 3 is 2.75 bits per heavy atom. The first-order chi connectivity index (χ1) is 6.60. The number of hydrogen-bond donors (Lipinski definition) is 1. The molecule has 0 aromatic carbocycles. The fourth-order valence-electron chi connectivity index (χ4n) is 0.578. The molecule has 0 heterocycles. The quantitative estimate of drug-likeness (QED) is 0.534. The third kappa shape index (κ3) is 7.82. The van der Waals surface area contributed by atoms with Crippen molar-refractivity contribution in [3.63, 3.8) is 0 Å². The van der Waals surface area contributed by atoms with Gasteiger partial charge in [-0.3, -0.25) is 0 Å². The first kappa shape index (κ1) is 7.15. The molecule has 72 valence electrons. The summed E-state index contributed by atoms with van der Waals surface area (Å²) in [7, 11) is -1.59. The van der Waals surface area contributed by atoms with Crippen LogP contribution in [0.2, 0.25) is 19.6 Å². The number of hydrogen-bond acceptors (Lipinski definition) is 2. The zero-order valence-electron chi connectivity index (χ0n) is 11.0. The standard InChI is InChI=1S/C9H20O2Si/c1-5-6-9(10)7-8-11-12(2,3)4/h7-10H,5-6H2,1-4H3/b8-7+/i1D3. The van der Waals surface area contributed by atoms with Crippen LogP contribution in [0.15, 0.2) is 12.3 Å². The summed E-state index contributed by atoms with van der Waals surface area (Å²) in [5, 5.41) is 9.41. The summed E-state index contributed by atoms with van der Waals surface area (Å²) in [5.74, 6) is 0. The zero-order chi connectivity index (χ0) is 12.1. The average Bonchev–Trinajstić information content (AvgIpc) is 1.97.